The molecule has 0 spiro atoms. The zero-order chi connectivity index (χ0) is 19.9. The van der Waals surface area contributed by atoms with Crippen LogP contribution in [0.15, 0.2) is 41.6 Å². The first-order chi connectivity index (χ1) is 12.7. The Kier molecular flexibility index (Phi) is 5.18. The number of ether oxygens (including phenoxy) is 2. The Morgan fingerprint density at radius 1 is 1.15 bits per heavy atom. The van der Waals surface area contributed by atoms with Gasteiger partial charge in [0.2, 0.25) is 0 Å². The smallest absolute Gasteiger partial charge is 0.339 e. The summed E-state index contributed by atoms with van der Waals surface area (Å²) in [4.78, 5) is 39.5. The fourth-order valence-corrected chi connectivity index (χ4v) is 4.47. The van der Waals surface area contributed by atoms with Crippen molar-refractivity contribution in [1.82, 2.24) is 4.90 Å². The number of amides is 1. The molecule has 2 heterocycles. The van der Waals surface area contributed by atoms with Crippen LogP contribution in [-0.4, -0.2) is 46.6 Å². The molecule has 0 N–H and O–H groups in total. The Hall–Kier alpha value is -2.12. The van der Waals surface area contributed by atoms with Gasteiger partial charge in [-0.05, 0) is 19.1 Å². The number of hydrogen-bond donors (Lipinski definition) is 0. The highest BCUT2D eigenvalue weighted by molar-refractivity contribution is 8.00. The van der Waals surface area contributed by atoms with Gasteiger partial charge in [0.05, 0.1) is 11.3 Å². The molecule has 1 amide bonds. The Morgan fingerprint density at radius 2 is 1.78 bits per heavy atom. The number of allylic oxidation sites excluding steroid dienone is 1. The fraction of sp³-hybridized carbons (Fsp3) is 0.450. The minimum atomic E-state index is -0.671. The molecule has 144 valence electrons. The van der Waals surface area contributed by atoms with Crippen molar-refractivity contribution < 1.29 is 23.9 Å². The number of Topliss-reactive ketones (excluding diaryl/α,β-unsaturated/α-hetero) is 1. The van der Waals surface area contributed by atoms with Crippen LogP contribution in [0.5, 0.6) is 0 Å². The number of carbonyl (C=O) groups excluding carboxylic acids is 3. The highest BCUT2D eigenvalue weighted by Crippen LogP contribution is 2.47. The predicted octanol–water partition coefficient (Wildman–Crippen LogP) is 2.99. The monoisotopic (exact) mass is 389 g/mol. The summed E-state index contributed by atoms with van der Waals surface area (Å²) in [5.41, 5.74) is -0.00922. The quantitative estimate of drug-likeness (QED) is 0.582. The number of thioether (sulfide) groups is 1. The lowest BCUT2D eigenvalue weighted by Crippen LogP contribution is -2.66. The van der Waals surface area contributed by atoms with E-state index in [-0.39, 0.29) is 17.1 Å². The van der Waals surface area contributed by atoms with Crippen molar-refractivity contribution in [3.05, 3.63) is 47.2 Å². The number of rotatable bonds is 4. The summed E-state index contributed by atoms with van der Waals surface area (Å²) >= 11 is 1.31. The third kappa shape index (κ3) is 3.41. The van der Waals surface area contributed by atoms with E-state index >= 15 is 0 Å². The van der Waals surface area contributed by atoms with Crippen molar-refractivity contribution in [2.75, 3.05) is 7.11 Å². The summed E-state index contributed by atoms with van der Waals surface area (Å²) in [5.74, 6) is -0.869. The van der Waals surface area contributed by atoms with Crippen molar-refractivity contribution in [2.24, 2.45) is 5.41 Å². The van der Waals surface area contributed by atoms with Crippen molar-refractivity contribution in [3.63, 3.8) is 0 Å². The maximum atomic E-state index is 13.0. The van der Waals surface area contributed by atoms with Gasteiger partial charge in [-0.3, -0.25) is 14.5 Å². The standard InChI is InChI=1S/C20H23NO5S/c1-11-13(15(22)20(2,3)4)21-16(23)14(25-5)17(21)27-19(11)26-18(24)12-9-7-6-8-10-12/h6-10,14,17,19H,1-5H3/t14-,17-,19?/m0/s1. The van der Waals surface area contributed by atoms with Gasteiger partial charge in [-0.1, -0.05) is 50.7 Å². The number of carbonyl (C=O) groups is 3. The number of fused-ring (bicyclic) bond motifs is 1. The van der Waals surface area contributed by atoms with E-state index in [9.17, 15) is 14.4 Å². The van der Waals surface area contributed by atoms with Gasteiger partial charge in [-0.25, -0.2) is 4.79 Å². The summed E-state index contributed by atoms with van der Waals surface area (Å²) in [6.07, 6.45) is -0.649. The lowest BCUT2D eigenvalue weighted by atomic mass is 9.85. The normalized spacial score (nSPS) is 25.0. The number of nitrogens with zero attached hydrogens (tertiary/aromatic N) is 1. The molecule has 2 aliphatic rings. The summed E-state index contributed by atoms with van der Waals surface area (Å²) in [7, 11) is 1.46. The number of esters is 1. The first-order valence-electron chi connectivity index (χ1n) is 8.69. The molecule has 1 fully saturated rings. The van der Waals surface area contributed by atoms with Gasteiger partial charge < -0.3 is 9.47 Å². The van der Waals surface area contributed by atoms with Crippen LogP contribution in [0.2, 0.25) is 0 Å². The number of ketones is 1. The van der Waals surface area contributed by atoms with Crippen molar-refractivity contribution in [1.29, 1.82) is 0 Å². The van der Waals surface area contributed by atoms with E-state index < -0.39 is 22.9 Å². The maximum Gasteiger partial charge on any atom is 0.339 e. The molecule has 7 heteroatoms. The number of hydrogen-bond acceptors (Lipinski definition) is 6. The molecule has 0 bridgehead atoms. The summed E-state index contributed by atoms with van der Waals surface area (Å²) in [6.45, 7) is 7.14. The zero-order valence-corrected chi connectivity index (χ0v) is 16.8. The first-order valence-corrected chi connectivity index (χ1v) is 9.64. The third-order valence-electron chi connectivity index (χ3n) is 4.60. The molecule has 27 heavy (non-hydrogen) atoms. The predicted molar refractivity (Wildman–Crippen MR) is 102 cm³/mol. The van der Waals surface area contributed by atoms with Crippen LogP contribution in [0.25, 0.3) is 0 Å². The molecular weight excluding hydrogens is 366 g/mol. The minimum Gasteiger partial charge on any atom is -0.443 e. The lowest BCUT2D eigenvalue weighted by Gasteiger charge is -2.51. The Labute approximate surface area is 162 Å². The fourth-order valence-electron chi connectivity index (χ4n) is 3.05. The average molecular weight is 389 g/mol. The summed E-state index contributed by atoms with van der Waals surface area (Å²) in [6, 6.07) is 8.68. The van der Waals surface area contributed by atoms with Gasteiger partial charge in [-0.2, -0.15) is 0 Å². The summed E-state index contributed by atoms with van der Waals surface area (Å²) in [5, 5.41) is -0.388. The highest BCUT2D eigenvalue weighted by Gasteiger charge is 2.56. The molecule has 0 saturated carbocycles. The minimum absolute atomic E-state index is 0.158. The van der Waals surface area contributed by atoms with Crippen molar-refractivity contribution in [3.8, 4) is 0 Å². The zero-order valence-electron chi connectivity index (χ0n) is 16.0. The van der Waals surface area contributed by atoms with Crippen LogP contribution < -0.4 is 0 Å². The van der Waals surface area contributed by atoms with Gasteiger partial charge in [0.25, 0.3) is 5.91 Å². The lowest BCUT2D eigenvalue weighted by molar-refractivity contribution is -0.160. The second-order valence-corrected chi connectivity index (χ2v) is 8.79. The molecule has 2 aliphatic heterocycles. The highest BCUT2D eigenvalue weighted by atomic mass is 32.2. The Morgan fingerprint density at radius 3 is 2.33 bits per heavy atom. The molecular formula is C20H23NO5S. The van der Waals surface area contributed by atoms with Crippen molar-refractivity contribution >= 4 is 29.4 Å². The molecule has 3 atom stereocenters. The van der Waals surface area contributed by atoms with Gasteiger partial charge in [0.1, 0.15) is 5.37 Å². The molecule has 1 aromatic carbocycles. The van der Waals surface area contributed by atoms with E-state index in [4.69, 9.17) is 9.47 Å². The maximum absolute atomic E-state index is 13.0. The average Bonchev–Trinajstić information content (AvgIpc) is 2.63. The molecule has 3 rings (SSSR count). The van der Waals surface area contributed by atoms with Gasteiger partial charge in [0.15, 0.2) is 17.3 Å². The molecule has 1 aromatic rings. The molecule has 0 aromatic heterocycles. The van der Waals surface area contributed by atoms with Gasteiger partial charge >= 0.3 is 5.97 Å². The molecule has 1 saturated heterocycles. The SMILES string of the molecule is CO[C@H]1C(=O)N2C(C(=O)C(C)(C)C)=C(C)C(OC(=O)c3ccccc3)S[C@@H]12. The number of benzene rings is 1. The van der Waals surface area contributed by atoms with Crippen LogP contribution in [0, 0.1) is 5.41 Å². The summed E-state index contributed by atoms with van der Waals surface area (Å²) < 4.78 is 11.0. The van der Waals surface area contributed by atoms with E-state index in [1.165, 1.54) is 23.8 Å². The topological polar surface area (TPSA) is 72.9 Å². The molecule has 1 unspecified atom stereocenters. The molecule has 6 nitrogen and oxygen atoms in total. The second kappa shape index (κ2) is 7.13. The number of β-lactam (4-membered cyclic amide) rings is 1. The molecule has 0 aliphatic carbocycles. The largest absolute Gasteiger partial charge is 0.443 e. The van der Waals surface area contributed by atoms with E-state index in [0.717, 1.165) is 0 Å². The third-order valence-corrected chi connectivity index (χ3v) is 6.03. The van der Waals surface area contributed by atoms with E-state index in [1.54, 1.807) is 52.0 Å². The van der Waals surface area contributed by atoms with Crippen LogP contribution in [-0.2, 0) is 19.1 Å². The van der Waals surface area contributed by atoms with Crippen molar-refractivity contribution in [2.45, 2.75) is 44.6 Å². The van der Waals surface area contributed by atoms with Gasteiger partial charge in [0, 0.05) is 18.1 Å². The number of methoxy groups -OCH3 is 1. The van der Waals surface area contributed by atoms with Crippen LogP contribution in [0.1, 0.15) is 38.1 Å². The van der Waals surface area contributed by atoms with E-state index in [0.29, 0.717) is 16.8 Å². The van der Waals surface area contributed by atoms with E-state index in [1.807, 2.05) is 6.07 Å². The first kappa shape index (κ1) is 19.6. The Balaban J connectivity index is 1.95. The molecule has 0 radical (unpaired) electrons. The van der Waals surface area contributed by atoms with Crippen LogP contribution in [0.4, 0.5) is 0 Å². The van der Waals surface area contributed by atoms with Crippen LogP contribution >= 0.6 is 11.8 Å². The van der Waals surface area contributed by atoms with Crippen LogP contribution in [0.3, 0.4) is 0 Å². The Bertz CT molecular complexity index is 811. The van der Waals surface area contributed by atoms with E-state index in [2.05, 4.69) is 0 Å². The van der Waals surface area contributed by atoms with Gasteiger partial charge in [-0.15, -0.1) is 0 Å². The second-order valence-electron chi connectivity index (χ2n) is 7.61.